The van der Waals surface area contributed by atoms with Crippen LogP contribution in [-0.2, 0) is 6.42 Å². The second-order valence-corrected chi connectivity index (χ2v) is 6.44. The highest BCUT2D eigenvalue weighted by Crippen LogP contribution is 2.21. The maximum Gasteiger partial charge on any atom is 0.319 e. The van der Waals surface area contributed by atoms with Gasteiger partial charge in [0.05, 0.1) is 0 Å². The molecule has 0 atom stereocenters. The normalized spacial score (nSPS) is 13.8. The maximum atomic E-state index is 12.0. The Morgan fingerprint density at radius 3 is 2.54 bits per heavy atom. The lowest BCUT2D eigenvalue weighted by molar-refractivity contribution is 0.252. The Balaban J connectivity index is 1.44. The maximum absolute atomic E-state index is 12.0. The Labute approximate surface area is 147 Å². The van der Waals surface area contributed by atoms with Crippen LogP contribution in [0.25, 0.3) is 0 Å². The Morgan fingerprint density at radius 1 is 1.08 bits per heavy atom. The van der Waals surface area contributed by atoms with Gasteiger partial charge in [-0.15, -0.1) is 0 Å². The highest BCUT2D eigenvalue weighted by molar-refractivity contribution is 6.30. The van der Waals surface area contributed by atoms with Gasteiger partial charge in [0.1, 0.15) is 0 Å². The van der Waals surface area contributed by atoms with Crippen molar-refractivity contribution in [1.82, 2.24) is 5.32 Å². The predicted octanol–water partition coefficient (Wildman–Crippen LogP) is 4.30. The zero-order valence-corrected chi connectivity index (χ0v) is 14.4. The number of halogens is 1. The van der Waals surface area contributed by atoms with Crippen molar-refractivity contribution < 1.29 is 4.79 Å². The van der Waals surface area contributed by atoms with E-state index in [0.29, 0.717) is 6.54 Å². The lowest BCUT2D eigenvalue weighted by Gasteiger charge is -2.17. The third-order valence-electron chi connectivity index (χ3n) is 4.18. The summed E-state index contributed by atoms with van der Waals surface area (Å²) in [6, 6.07) is 15.5. The number of nitrogens with zero attached hydrogens (tertiary/aromatic N) is 1. The van der Waals surface area contributed by atoms with E-state index >= 15 is 0 Å². The molecular formula is C19H22ClN3O. The van der Waals surface area contributed by atoms with E-state index in [0.717, 1.165) is 35.8 Å². The van der Waals surface area contributed by atoms with Crippen LogP contribution in [0.3, 0.4) is 0 Å². The first-order valence-corrected chi connectivity index (χ1v) is 8.73. The Kier molecular flexibility index (Phi) is 5.59. The van der Waals surface area contributed by atoms with Crippen LogP contribution in [0, 0.1) is 0 Å². The molecule has 0 aromatic heterocycles. The first kappa shape index (κ1) is 16.7. The second-order valence-electron chi connectivity index (χ2n) is 6.00. The predicted molar refractivity (Wildman–Crippen MR) is 100 cm³/mol. The van der Waals surface area contributed by atoms with E-state index in [1.165, 1.54) is 18.5 Å². The fraction of sp³-hybridized carbons (Fsp3) is 0.316. The van der Waals surface area contributed by atoms with Gasteiger partial charge in [-0.25, -0.2) is 4.79 Å². The summed E-state index contributed by atoms with van der Waals surface area (Å²) in [5, 5.41) is 6.45. The van der Waals surface area contributed by atoms with Crippen molar-refractivity contribution in [3.05, 3.63) is 59.1 Å². The first-order valence-electron chi connectivity index (χ1n) is 8.35. The summed E-state index contributed by atoms with van der Waals surface area (Å²) in [5.74, 6) is 0. The average Bonchev–Trinajstić information content (AvgIpc) is 3.10. The fourth-order valence-electron chi connectivity index (χ4n) is 2.92. The zero-order valence-electron chi connectivity index (χ0n) is 13.6. The standard InChI is InChI=1S/C19H22ClN3O/c20-16-5-3-4-15(14-16)10-11-21-19(24)22-17-6-8-18(9-7-17)23-12-1-2-13-23/h3-9,14H,1-2,10-13H2,(H2,21,22,24). The summed E-state index contributed by atoms with van der Waals surface area (Å²) in [7, 11) is 0. The molecule has 1 fully saturated rings. The summed E-state index contributed by atoms with van der Waals surface area (Å²) in [5.41, 5.74) is 3.13. The van der Waals surface area contributed by atoms with Crippen LogP contribution in [0.2, 0.25) is 5.02 Å². The minimum Gasteiger partial charge on any atom is -0.372 e. The van der Waals surface area contributed by atoms with Crippen LogP contribution < -0.4 is 15.5 Å². The molecule has 1 aliphatic heterocycles. The molecule has 1 aliphatic rings. The van der Waals surface area contributed by atoms with Gasteiger partial charge >= 0.3 is 6.03 Å². The number of nitrogens with one attached hydrogen (secondary N) is 2. The van der Waals surface area contributed by atoms with Gasteiger partial charge in [-0.1, -0.05) is 23.7 Å². The van der Waals surface area contributed by atoms with Gasteiger partial charge in [0.25, 0.3) is 0 Å². The lowest BCUT2D eigenvalue weighted by atomic mass is 10.1. The molecule has 2 N–H and O–H groups in total. The van der Waals surface area contributed by atoms with Crippen molar-refractivity contribution in [2.24, 2.45) is 0 Å². The molecule has 1 saturated heterocycles. The van der Waals surface area contributed by atoms with E-state index in [9.17, 15) is 4.79 Å². The molecule has 3 rings (SSSR count). The molecule has 0 radical (unpaired) electrons. The van der Waals surface area contributed by atoms with Crippen LogP contribution >= 0.6 is 11.6 Å². The van der Waals surface area contributed by atoms with Crippen molar-refractivity contribution in [3.63, 3.8) is 0 Å². The summed E-state index contributed by atoms with van der Waals surface area (Å²) >= 11 is 5.95. The number of rotatable bonds is 5. The van der Waals surface area contributed by atoms with E-state index < -0.39 is 0 Å². The highest BCUT2D eigenvalue weighted by Gasteiger charge is 2.12. The zero-order chi connectivity index (χ0) is 16.8. The van der Waals surface area contributed by atoms with Crippen molar-refractivity contribution in [2.45, 2.75) is 19.3 Å². The Morgan fingerprint density at radius 2 is 1.83 bits per heavy atom. The van der Waals surface area contributed by atoms with Gasteiger partial charge in [-0.05, 0) is 61.2 Å². The molecule has 0 unspecified atom stereocenters. The number of benzene rings is 2. The number of carbonyl (C=O) groups is 1. The lowest BCUT2D eigenvalue weighted by Crippen LogP contribution is -2.30. The Bertz CT molecular complexity index is 681. The average molecular weight is 344 g/mol. The van der Waals surface area contributed by atoms with Crippen molar-refractivity contribution in [3.8, 4) is 0 Å². The summed E-state index contributed by atoms with van der Waals surface area (Å²) in [6.07, 6.45) is 3.27. The minimum atomic E-state index is -0.189. The van der Waals surface area contributed by atoms with Gasteiger partial charge < -0.3 is 15.5 Å². The van der Waals surface area contributed by atoms with E-state index in [1.807, 2.05) is 36.4 Å². The van der Waals surface area contributed by atoms with Crippen LogP contribution in [0.1, 0.15) is 18.4 Å². The molecule has 2 aromatic carbocycles. The molecule has 0 spiro atoms. The quantitative estimate of drug-likeness (QED) is 0.849. The number of hydrogen-bond donors (Lipinski definition) is 2. The number of hydrogen-bond acceptors (Lipinski definition) is 2. The molecule has 4 nitrogen and oxygen atoms in total. The summed E-state index contributed by atoms with van der Waals surface area (Å²) in [6.45, 7) is 2.81. The van der Waals surface area contributed by atoms with Crippen LogP contribution in [0.5, 0.6) is 0 Å². The van der Waals surface area contributed by atoms with Gasteiger partial charge in [-0.2, -0.15) is 0 Å². The first-order chi connectivity index (χ1) is 11.7. The van der Waals surface area contributed by atoms with E-state index in [2.05, 4.69) is 27.7 Å². The van der Waals surface area contributed by atoms with Crippen LogP contribution in [-0.4, -0.2) is 25.7 Å². The molecule has 2 aromatic rings. The van der Waals surface area contributed by atoms with Gasteiger partial charge in [0.2, 0.25) is 0 Å². The number of carbonyl (C=O) groups excluding carboxylic acids is 1. The van der Waals surface area contributed by atoms with Crippen molar-refractivity contribution >= 4 is 29.0 Å². The van der Waals surface area contributed by atoms with E-state index in [4.69, 9.17) is 11.6 Å². The third kappa shape index (κ3) is 4.65. The minimum absolute atomic E-state index is 0.189. The number of anilines is 2. The molecule has 0 saturated carbocycles. The van der Waals surface area contributed by atoms with E-state index in [-0.39, 0.29) is 6.03 Å². The van der Waals surface area contributed by atoms with Crippen molar-refractivity contribution in [2.75, 3.05) is 29.9 Å². The molecular weight excluding hydrogens is 322 g/mol. The van der Waals surface area contributed by atoms with Gasteiger partial charge in [0, 0.05) is 36.0 Å². The SMILES string of the molecule is O=C(NCCc1cccc(Cl)c1)Nc1ccc(N2CCCC2)cc1. The molecule has 0 aliphatic carbocycles. The fourth-order valence-corrected chi connectivity index (χ4v) is 3.13. The summed E-state index contributed by atoms with van der Waals surface area (Å²) in [4.78, 5) is 14.3. The molecule has 2 amide bonds. The molecule has 0 bridgehead atoms. The smallest absolute Gasteiger partial charge is 0.319 e. The molecule has 126 valence electrons. The molecule has 24 heavy (non-hydrogen) atoms. The van der Waals surface area contributed by atoms with Crippen LogP contribution in [0.15, 0.2) is 48.5 Å². The Hall–Kier alpha value is -2.20. The van der Waals surface area contributed by atoms with Gasteiger partial charge in [-0.3, -0.25) is 0 Å². The monoisotopic (exact) mass is 343 g/mol. The van der Waals surface area contributed by atoms with E-state index in [1.54, 1.807) is 0 Å². The third-order valence-corrected chi connectivity index (χ3v) is 4.42. The highest BCUT2D eigenvalue weighted by atomic mass is 35.5. The van der Waals surface area contributed by atoms with Gasteiger partial charge in [0.15, 0.2) is 0 Å². The second kappa shape index (κ2) is 8.06. The molecule has 5 heteroatoms. The number of urea groups is 1. The summed E-state index contributed by atoms with van der Waals surface area (Å²) < 4.78 is 0. The largest absolute Gasteiger partial charge is 0.372 e. The topological polar surface area (TPSA) is 44.4 Å². The van der Waals surface area contributed by atoms with Crippen molar-refractivity contribution in [1.29, 1.82) is 0 Å². The number of amides is 2. The molecule has 1 heterocycles. The van der Waals surface area contributed by atoms with Crippen LogP contribution in [0.4, 0.5) is 16.2 Å².